The topological polar surface area (TPSA) is 149 Å². The van der Waals surface area contributed by atoms with Crippen LogP contribution in [0.4, 0.5) is 0 Å². The minimum atomic E-state index is -4.62. The Morgan fingerprint density at radius 3 is 0.912 bits per heavy atom. The van der Waals surface area contributed by atoms with Gasteiger partial charge >= 0.3 is 19.8 Å². The average Bonchev–Trinajstić information content (AvgIpc) is 3.33. The van der Waals surface area contributed by atoms with E-state index in [0.717, 1.165) is 32.1 Å². The van der Waals surface area contributed by atoms with Crippen LogP contribution in [0, 0.1) is 0 Å². The molecule has 10 nitrogen and oxygen atoms in total. The van der Waals surface area contributed by atoms with Crippen molar-refractivity contribution in [3.05, 3.63) is 0 Å². The molecule has 0 rings (SSSR count). The van der Waals surface area contributed by atoms with Gasteiger partial charge in [-0.25, -0.2) is 4.57 Å². The number of phosphoric ester groups is 1. The van der Waals surface area contributed by atoms with Crippen molar-refractivity contribution in [1.29, 1.82) is 0 Å². The van der Waals surface area contributed by atoms with Crippen molar-refractivity contribution in [2.24, 2.45) is 0 Å². The van der Waals surface area contributed by atoms with E-state index in [0.29, 0.717) is 12.8 Å². The summed E-state index contributed by atoms with van der Waals surface area (Å²) in [5.74, 6) is -0.898. The molecule has 406 valence electrons. The predicted molar refractivity (Wildman–Crippen MR) is 284 cm³/mol. The van der Waals surface area contributed by atoms with E-state index in [1.807, 2.05) is 0 Å². The Morgan fingerprint density at radius 1 is 0.382 bits per heavy atom. The Kier molecular flexibility index (Phi) is 52.9. The lowest BCUT2D eigenvalue weighted by Gasteiger charge is -2.20. The van der Waals surface area contributed by atoms with Crippen LogP contribution in [-0.2, 0) is 32.7 Å². The number of aliphatic hydroxyl groups is 2. The summed E-state index contributed by atoms with van der Waals surface area (Å²) in [6, 6.07) is 0. The number of ether oxygens (including phenoxy) is 2. The second-order valence-corrected chi connectivity index (χ2v) is 21.8. The molecule has 0 fully saturated rings. The minimum absolute atomic E-state index is 0.194. The van der Waals surface area contributed by atoms with Crippen LogP contribution in [0.5, 0.6) is 0 Å². The van der Waals surface area contributed by atoms with Crippen LogP contribution in [-0.4, -0.2) is 65.7 Å². The SMILES string of the molecule is CCCCCCCCCCCCCCCCCCCCCCCCCC(=O)OC[C@H](COP(=O)(O)OC[C@@H](O)CO)OC(=O)CCCCCCCCCCCCCCCCCCCCCCCC. The van der Waals surface area contributed by atoms with Crippen molar-refractivity contribution in [3.8, 4) is 0 Å². The van der Waals surface area contributed by atoms with Crippen LogP contribution in [0.15, 0.2) is 0 Å². The van der Waals surface area contributed by atoms with Gasteiger partial charge in [-0.3, -0.25) is 18.6 Å². The molecule has 0 saturated heterocycles. The third kappa shape index (κ3) is 52.8. The first-order chi connectivity index (χ1) is 33.2. The van der Waals surface area contributed by atoms with E-state index in [1.165, 1.54) is 244 Å². The molecular formula is C57H113O10P. The maximum absolute atomic E-state index is 12.7. The van der Waals surface area contributed by atoms with Crippen LogP contribution in [0.25, 0.3) is 0 Å². The number of hydrogen-bond acceptors (Lipinski definition) is 9. The van der Waals surface area contributed by atoms with E-state index in [9.17, 15) is 24.2 Å². The first-order valence-corrected chi connectivity index (χ1v) is 31.0. The number of aliphatic hydroxyl groups excluding tert-OH is 2. The zero-order valence-corrected chi connectivity index (χ0v) is 45.8. The van der Waals surface area contributed by atoms with Gasteiger partial charge in [0, 0.05) is 12.8 Å². The molecule has 0 heterocycles. The predicted octanol–water partition coefficient (Wildman–Crippen LogP) is 17.3. The normalized spacial score (nSPS) is 13.4. The highest BCUT2D eigenvalue weighted by Gasteiger charge is 2.27. The molecule has 3 N–H and O–H groups in total. The number of carbonyl (C=O) groups is 2. The summed E-state index contributed by atoms with van der Waals surface area (Å²) in [4.78, 5) is 35.3. The van der Waals surface area contributed by atoms with Crippen molar-refractivity contribution in [1.82, 2.24) is 0 Å². The van der Waals surface area contributed by atoms with Gasteiger partial charge in [-0.1, -0.05) is 290 Å². The molecule has 0 spiro atoms. The zero-order valence-electron chi connectivity index (χ0n) is 44.9. The highest BCUT2D eigenvalue weighted by molar-refractivity contribution is 7.47. The van der Waals surface area contributed by atoms with E-state index in [2.05, 4.69) is 13.8 Å². The summed E-state index contributed by atoms with van der Waals surface area (Å²) in [5.41, 5.74) is 0. The number of hydrogen-bond donors (Lipinski definition) is 3. The van der Waals surface area contributed by atoms with Crippen LogP contribution in [0.3, 0.4) is 0 Å². The summed E-state index contributed by atoms with van der Waals surface area (Å²) >= 11 is 0. The van der Waals surface area contributed by atoms with E-state index in [-0.39, 0.29) is 19.4 Å². The highest BCUT2D eigenvalue weighted by atomic mass is 31.2. The monoisotopic (exact) mass is 989 g/mol. The Balaban J connectivity index is 4.03. The van der Waals surface area contributed by atoms with Crippen LogP contribution in [0.1, 0.15) is 316 Å². The van der Waals surface area contributed by atoms with Crippen LogP contribution in [0.2, 0.25) is 0 Å². The molecule has 0 radical (unpaired) electrons. The first kappa shape index (κ1) is 67.0. The second-order valence-electron chi connectivity index (χ2n) is 20.4. The van der Waals surface area contributed by atoms with Gasteiger partial charge in [0.2, 0.25) is 0 Å². The maximum atomic E-state index is 12.7. The molecule has 0 aliphatic rings. The van der Waals surface area contributed by atoms with Crippen molar-refractivity contribution >= 4 is 19.8 Å². The molecule has 0 amide bonds. The van der Waals surface area contributed by atoms with Crippen LogP contribution < -0.4 is 0 Å². The molecule has 0 aromatic rings. The molecule has 3 atom stereocenters. The van der Waals surface area contributed by atoms with Gasteiger partial charge in [0.25, 0.3) is 0 Å². The number of esters is 2. The van der Waals surface area contributed by atoms with Gasteiger partial charge in [0.05, 0.1) is 19.8 Å². The Bertz CT molecular complexity index is 1090. The summed E-state index contributed by atoms with van der Waals surface area (Å²) in [6.45, 7) is 2.48. The quantitative estimate of drug-likeness (QED) is 0.0305. The lowest BCUT2D eigenvalue weighted by Crippen LogP contribution is -2.29. The van der Waals surface area contributed by atoms with E-state index >= 15 is 0 Å². The molecule has 0 bridgehead atoms. The van der Waals surface area contributed by atoms with Gasteiger partial charge in [-0.2, -0.15) is 0 Å². The van der Waals surface area contributed by atoms with Gasteiger partial charge < -0.3 is 24.6 Å². The largest absolute Gasteiger partial charge is 0.472 e. The van der Waals surface area contributed by atoms with Gasteiger partial charge in [0.15, 0.2) is 6.10 Å². The van der Waals surface area contributed by atoms with Gasteiger partial charge in [0.1, 0.15) is 12.7 Å². The maximum Gasteiger partial charge on any atom is 0.472 e. The Morgan fingerprint density at radius 2 is 0.632 bits per heavy atom. The second kappa shape index (κ2) is 53.8. The lowest BCUT2D eigenvalue weighted by molar-refractivity contribution is -0.161. The number of rotatable bonds is 57. The summed E-state index contributed by atoms with van der Waals surface area (Å²) in [5, 5.41) is 18.5. The van der Waals surface area contributed by atoms with Crippen molar-refractivity contribution in [3.63, 3.8) is 0 Å². The number of carbonyl (C=O) groups excluding carboxylic acids is 2. The zero-order chi connectivity index (χ0) is 49.7. The Labute approximate surface area is 420 Å². The Hall–Kier alpha value is -1.03. The fourth-order valence-electron chi connectivity index (χ4n) is 9.00. The third-order valence-corrected chi connectivity index (χ3v) is 14.5. The number of phosphoric acid groups is 1. The molecule has 0 aliphatic heterocycles. The van der Waals surface area contributed by atoms with Crippen LogP contribution >= 0.6 is 7.82 Å². The third-order valence-electron chi connectivity index (χ3n) is 13.5. The van der Waals surface area contributed by atoms with Crippen molar-refractivity contribution in [2.45, 2.75) is 328 Å². The summed E-state index contributed by atoms with van der Waals surface area (Å²) in [7, 11) is -4.62. The van der Waals surface area contributed by atoms with Crippen molar-refractivity contribution < 1.29 is 47.8 Å². The van der Waals surface area contributed by atoms with E-state index < -0.39 is 51.8 Å². The molecule has 1 unspecified atom stereocenters. The highest BCUT2D eigenvalue weighted by Crippen LogP contribution is 2.43. The first-order valence-electron chi connectivity index (χ1n) is 29.5. The molecular weight excluding hydrogens is 876 g/mol. The molecule has 68 heavy (non-hydrogen) atoms. The number of unbranched alkanes of at least 4 members (excludes halogenated alkanes) is 43. The summed E-state index contributed by atoms with van der Waals surface area (Å²) < 4.78 is 33.0. The van der Waals surface area contributed by atoms with Crippen molar-refractivity contribution in [2.75, 3.05) is 26.4 Å². The minimum Gasteiger partial charge on any atom is -0.462 e. The molecule has 0 saturated carbocycles. The standard InChI is InChI=1S/C57H113O10P/c1-3-5-7-9-11-13-15-17-19-21-23-25-27-29-30-32-34-36-38-40-42-44-46-48-56(60)64-52-55(53-66-68(62,63)65-51-54(59)50-58)67-57(61)49-47-45-43-41-39-37-35-33-31-28-26-24-22-20-18-16-14-12-10-8-6-4-2/h54-55,58-59H,3-53H2,1-2H3,(H,62,63)/t54-,55+/m0/s1. The molecule has 0 aromatic carbocycles. The average molecular weight is 989 g/mol. The fourth-order valence-corrected chi connectivity index (χ4v) is 9.79. The lowest BCUT2D eigenvalue weighted by atomic mass is 10.0. The molecule has 0 aromatic heterocycles. The molecule has 11 heteroatoms. The summed E-state index contributed by atoms with van der Waals surface area (Å²) in [6.07, 6.45) is 56.6. The van der Waals surface area contributed by atoms with Gasteiger partial charge in [-0.15, -0.1) is 0 Å². The smallest absolute Gasteiger partial charge is 0.462 e. The van der Waals surface area contributed by atoms with Gasteiger partial charge in [-0.05, 0) is 12.8 Å². The van der Waals surface area contributed by atoms with E-state index in [4.69, 9.17) is 23.6 Å². The van der Waals surface area contributed by atoms with E-state index in [1.54, 1.807) is 0 Å². The fraction of sp³-hybridized carbons (Fsp3) is 0.965. The molecule has 0 aliphatic carbocycles.